The number of aromatic nitrogens is 5. The molecule has 4 rings (SSSR count). The summed E-state index contributed by atoms with van der Waals surface area (Å²) >= 11 is 1.46. The van der Waals surface area contributed by atoms with Crippen LogP contribution in [0.2, 0.25) is 0 Å². The smallest absolute Gasteiger partial charge is 0.257 e. The molecule has 0 fully saturated rings. The highest BCUT2D eigenvalue weighted by molar-refractivity contribution is 7.19. The number of carbonyl (C=O) groups excluding carboxylic acids is 1. The summed E-state index contributed by atoms with van der Waals surface area (Å²) in [4.78, 5) is 17.1. The first-order chi connectivity index (χ1) is 12.1. The third kappa shape index (κ3) is 2.76. The summed E-state index contributed by atoms with van der Waals surface area (Å²) in [5.41, 5.74) is 3.16. The molecule has 0 aliphatic carbocycles. The molecule has 0 saturated heterocycles. The molecule has 7 nitrogen and oxygen atoms in total. The highest BCUT2D eigenvalue weighted by atomic mass is 32.1. The average molecular weight is 350 g/mol. The zero-order valence-corrected chi connectivity index (χ0v) is 14.4. The van der Waals surface area contributed by atoms with E-state index in [4.69, 9.17) is 0 Å². The van der Waals surface area contributed by atoms with Crippen molar-refractivity contribution in [1.29, 1.82) is 0 Å². The number of rotatable bonds is 3. The molecule has 3 heterocycles. The Hall–Kier alpha value is -3.13. The van der Waals surface area contributed by atoms with Crippen molar-refractivity contribution in [1.82, 2.24) is 24.8 Å². The van der Waals surface area contributed by atoms with Crippen LogP contribution in [0.25, 0.3) is 15.5 Å². The van der Waals surface area contributed by atoms with Gasteiger partial charge >= 0.3 is 0 Å². The van der Waals surface area contributed by atoms with E-state index in [1.165, 1.54) is 11.3 Å². The van der Waals surface area contributed by atoms with Crippen molar-refractivity contribution in [3.8, 4) is 10.6 Å². The van der Waals surface area contributed by atoms with Crippen molar-refractivity contribution in [2.75, 3.05) is 5.32 Å². The first-order valence-corrected chi connectivity index (χ1v) is 8.45. The summed E-state index contributed by atoms with van der Waals surface area (Å²) in [6.07, 6.45) is 3.18. The third-order valence-electron chi connectivity index (χ3n) is 3.88. The van der Waals surface area contributed by atoms with Crippen LogP contribution < -0.4 is 5.32 Å². The molecule has 1 amide bonds. The van der Waals surface area contributed by atoms with Gasteiger partial charge in [0.05, 0.1) is 5.56 Å². The SMILES string of the molecule is Cc1c(NC(=O)c2cccnc2)cccc1-c1nn2c(C)nnc2s1. The molecule has 25 heavy (non-hydrogen) atoms. The van der Waals surface area contributed by atoms with Crippen molar-refractivity contribution in [3.05, 3.63) is 59.7 Å². The predicted octanol–water partition coefficient (Wildman–Crippen LogP) is 3.12. The summed E-state index contributed by atoms with van der Waals surface area (Å²) in [5.74, 6) is 0.554. The van der Waals surface area contributed by atoms with Crippen molar-refractivity contribution in [2.45, 2.75) is 13.8 Å². The Bertz CT molecular complexity index is 1070. The molecule has 0 bridgehead atoms. The Kier molecular flexibility index (Phi) is 3.73. The molecule has 1 N–H and O–H groups in total. The Labute approximate surface area is 147 Å². The lowest BCUT2D eigenvalue weighted by molar-refractivity contribution is 0.102. The van der Waals surface area contributed by atoms with Gasteiger partial charge in [-0.2, -0.15) is 9.61 Å². The first kappa shape index (κ1) is 15.4. The predicted molar refractivity (Wildman–Crippen MR) is 95.8 cm³/mol. The van der Waals surface area contributed by atoms with E-state index in [0.29, 0.717) is 5.56 Å². The molecule has 0 unspecified atom stereocenters. The van der Waals surface area contributed by atoms with Crippen LogP contribution in [0, 0.1) is 13.8 Å². The van der Waals surface area contributed by atoms with Gasteiger partial charge in [0.2, 0.25) is 4.96 Å². The minimum atomic E-state index is -0.192. The van der Waals surface area contributed by atoms with E-state index in [1.54, 1.807) is 29.0 Å². The summed E-state index contributed by atoms with van der Waals surface area (Å²) < 4.78 is 1.72. The Morgan fingerprint density at radius 1 is 1.16 bits per heavy atom. The maximum Gasteiger partial charge on any atom is 0.257 e. The molecule has 0 aliphatic heterocycles. The van der Waals surface area contributed by atoms with Crippen LogP contribution in [-0.4, -0.2) is 30.7 Å². The number of benzene rings is 1. The number of fused-ring (bicyclic) bond motifs is 1. The zero-order chi connectivity index (χ0) is 17.4. The van der Waals surface area contributed by atoms with E-state index >= 15 is 0 Å². The van der Waals surface area contributed by atoms with Crippen LogP contribution in [0.4, 0.5) is 5.69 Å². The summed E-state index contributed by atoms with van der Waals surface area (Å²) in [5, 5.41) is 16.4. The monoisotopic (exact) mass is 350 g/mol. The van der Waals surface area contributed by atoms with Crippen LogP contribution >= 0.6 is 11.3 Å². The lowest BCUT2D eigenvalue weighted by atomic mass is 10.1. The Balaban J connectivity index is 1.69. The lowest BCUT2D eigenvalue weighted by Gasteiger charge is -2.11. The second kappa shape index (κ2) is 6.06. The van der Waals surface area contributed by atoms with E-state index in [1.807, 2.05) is 32.0 Å². The fourth-order valence-corrected chi connectivity index (χ4v) is 3.49. The van der Waals surface area contributed by atoms with Crippen molar-refractivity contribution in [2.24, 2.45) is 0 Å². The van der Waals surface area contributed by atoms with Gasteiger partial charge in [-0.05, 0) is 37.6 Å². The molecule has 0 radical (unpaired) electrons. The van der Waals surface area contributed by atoms with Crippen molar-refractivity contribution in [3.63, 3.8) is 0 Å². The number of nitrogens with one attached hydrogen (secondary N) is 1. The summed E-state index contributed by atoms with van der Waals surface area (Å²) in [7, 11) is 0. The maximum absolute atomic E-state index is 12.4. The van der Waals surface area contributed by atoms with E-state index in [-0.39, 0.29) is 5.91 Å². The fourth-order valence-electron chi connectivity index (χ4n) is 2.52. The van der Waals surface area contributed by atoms with Gasteiger partial charge < -0.3 is 5.32 Å². The van der Waals surface area contributed by atoms with Crippen LogP contribution in [0.5, 0.6) is 0 Å². The minimum Gasteiger partial charge on any atom is -0.322 e. The van der Waals surface area contributed by atoms with Crippen LogP contribution in [0.3, 0.4) is 0 Å². The molecular formula is C17H14N6OS. The Morgan fingerprint density at radius 3 is 2.80 bits per heavy atom. The molecule has 1 aromatic carbocycles. The van der Waals surface area contributed by atoms with Gasteiger partial charge in [0, 0.05) is 23.6 Å². The quantitative estimate of drug-likeness (QED) is 0.613. The number of anilines is 1. The van der Waals surface area contributed by atoms with E-state index in [0.717, 1.165) is 32.6 Å². The van der Waals surface area contributed by atoms with Gasteiger partial charge in [0.25, 0.3) is 5.91 Å². The number of hydrogen-bond donors (Lipinski definition) is 1. The standard InChI is InChI=1S/C17H14N6OS/c1-10-13(16-22-23-11(2)20-21-17(23)25-16)6-3-7-14(10)19-15(24)12-5-4-8-18-9-12/h3-9H,1-2H3,(H,19,24). The second-order valence-corrected chi connectivity index (χ2v) is 6.48. The topological polar surface area (TPSA) is 85.1 Å². The molecule has 0 aliphatic rings. The highest BCUT2D eigenvalue weighted by Crippen LogP contribution is 2.31. The number of hydrogen-bond acceptors (Lipinski definition) is 6. The van der Waals surface area contributed by atoms with Crippen LogP contribution in [0.1, 0.15) is 21.7 Å². The fraction of sp³-hybridized carbons (Fsp3) is 0.118. The largest absolute Gasteiger partial charge is 0.322 e. The second-order valence-electron chi connectivity index (χ2n) is 5.52. The number of pyridine rings is 1. The molecule has 0 saturated carbocycles. The number of nitrogens with zero attached hydrogens (tertiary/aromatic N) is 5. The van der Waals surface area contributed by atoms with Crippen molar-refractivity contribution >= 4 is 27.9 Å². The van der Waals surface area contributed by atoms with Crippen LogP contribution in [0.15, 0.2) is 42.7 Å². The Morgan fingerprint density at radius 2 is 2.04 bits per heavy atom. The third-order valence-corrected chi connectivity index (χ3v) is 4.81. The molecule has 4 aromatic rings. The maximum atomic E-state index is 12.4. The summed E-state index contributed by atoms with van der Waals surface area (Å²) in [6.45, 7) is 3.82. The van der Waals surface area contributed by atoms with Gasteiger partial charge in [-0.3, -0.25) is 9.78 Å². The molecule has 3 aromatic heterocycles. The van der Waals surface area contributed by atoms with Gasteiger partial charge in [-0.15, -0.1) is 10.2 Å². The number of aryl methyl sites for hydroxylation is 1. The van der Waals surface area contributed by atoms with Crippen LogP contribution in [-0.2, 0) is 0 Å². The molecular weight excluding hydrogens is 336 g/mol. The van der Waals surface area contributed by atoms with E-state index < -0.39 is 0 Å². The first-order valence-electron chi connectivity index (χ1n) is 7.63. The number of amides is 1. The molecule has 8 heteroatoms. The van der Waals surface area contributed by atoms with Gasteiger partial charge in [-0.25, -0.2) is 0 Å². The normalized spacial score (nSPS) is 11.0. The van der Waals surface area contributed by atoms with Gasteiger partial charge in [-0.1, -0.05) is 23.5 Å². The van der Waals surface area contributed by atoms with Gasteiger partial charge in [0.1, 0.15) is 5.01 Å². The van der Waals surface area contributed by atoms with Gasteiger partial charge in [0.15, 0.2) is 5.82 Å². The van der Waals surface area contributed by atoms with E-state index in [2.05, 4.69) is 25.6 Å². The average Bonchev–Trinajstić information content (AvgIpc) is 3.20. The zero-order valence-electron chi connectivity index (χ0n) is 13.6. The van der Waals surface area contributed by atoms with E-state index in [9.17, 15) is 4.79 Å². The molecule has 124 valence electrons. The number of carbonyl (C=O) groups is 1. The molecule has 0 atom stereocenters. The van der Waals surface area contributed by atoms with Crippen molar-refractivity contribution < 1.29 is 4.79 Å². The summed E-state index contributed by atoms with van der Waals surface area (Å²) in [6, 6.07) is 9.22. The lowest BCUT2D eigenvalue weighted by Crippen LogP contribution is -2.13. The highest BCUT2D eigenvalue weighted by Gasteiger charge is 2.15. The minimum absolute atomic E-state index is 0.192. The molecule has 0 spiro atoms.